The lowest BCUT2D eigenvalue weighted by Crippen LogP contribution is -2.08. The van der Waals surface area contributed by atoms with E-state index in [1.54, 1.807) is 4.40 Å². The molecule has 5 nitrogen and oxygen atoms in total. The van der Waals surface area contributed by atoms with Crippen molar-refractivity contribution in [3.8, 4) is 0 Å². The van der Waals surface area contributed by atoms with Crippen molar-refractivity contribution in [2.45, 2.75) is 33.6 Å². The monoisotopic (exact) mass is 233 g/mol. The molecule has 2 aromatic heterocycles. The largest absolute Gasteiger partial charge is 0.477 e. The van der Waals surface area contributed by atoms with Crippen LogP contribution in [-0.4, -0.2) is 25.4 Å². The van der Waals surface area contributed by atoms with E-state index in [-0.39, 0.29) is 11.6 Å². The van der Waals surface area contributed by atoms with Crippen molar-refractivity contribution in [3.05, 3.63) is 28.8 Å². The van der Waals surface area contributed by atoms with Crippen molar-refractivity contribution in [1.29, 1.82) is 0 Å². The van der Waals surface area contributed by atoms with Crippen LogP contribution in [0.25, 0.3) is 5.78 Å². The summed E-state index contributed by atoms with van der Waals surface area (Å²) >= 11 is 0. The molecule has 0 radical (unpaired) electrons. The summed E-state index contributed by atoms with van der Waals surface area (Å²) in [7, 11) is 0. The number of carboxylic acid groups (broad SMARTS) is 1. The SMILES string of the molecule is Cc1cc(C)n2c(C(=O)O)c(C(C)C)nc2n1. The molecule has 0 aliphatic heterocycles. The maximum absolute atomic E-state index is 11.3. The number of carboxylic acids is 1. The molecule has 5 heteroatoms. The molecular formula is C12H15N3O2. The predicted octanol–water partition coefficient (Wildman–Crippen LogP) is 2.17. The zero-order chi connectivity index (χ0) is 12.7. The van der Waals surface area contributed by atoms with E-state index in [1.807, 2.05) is 33.8 Å². The Morgan fingerprint density at radius 2 is 2.00 bits per heavy atom. The average Bonchev–Trinajstić information content (AvgIpc) is 2.56. The number of fused-ring (bicyclic) bond motifs is 1. The van der Waals surface area contributed by atoms with Crippen LogP contribution in [-0.2, 0) is 0 Å². The molecule has 0 aliphatic rings. The maximum Gasteiger partial charge on any atom is 0.354 e. The summed E-state index contributed by atoms with van der Waals surface area (Å²) in [5.41, 5.74) is 2.48. The second kappa shape index (κ2) is 3.84. The molecule has 0 spiro atoms. The van der Waals surface area contributed by atoms with Crippen LogP contribution in [0.1, 0.15) is 47.3 Å². The summed E-state index contributed by atoms with van der Waals surface area (Å²) in [5.74, 6) is -0.443. The van der Waals surface area contributed by atoms with Crippen molar-refractivity contribution in [1.82, 2.24) is 14.4 Å². The molecule has 0 saturated carbocycles. The van der Waals surface area contributed by atoms with Gasteiger partial charge >= 0.3 is 5.97 Å². The summed E-state index contributed by atoms with van der Waals surface area (Å²) in [6.45, 7) is 7.59. The fourth-order valence-electron chi connectivity index (χ4n) is 2.00. The number of aryl methyl sites for hydroxylation is 2. The number of imidazole rings is 1. The van der Waals surface area contributed by atoms with Gasteiger partial charge in [-0.3, -0.25) is 4.40 Å². The summed E-state index contributed by atoms with van der Waals surface area (Å²) in [4.78, 5) is 19.9. The first kappa shape index (κ1) is 11.6. The van der Waals surface area contributed by atoms with Crippen LogP contribution in [0.4, 0.5) is 0 Å². The molecule has 0 amide bonds. The molecule has 0 aromatic carbocycles. The van der Waals surface area contributed by atoms with Crippen LogP contribution in [0.15, 0.2) is 6.07 Å². The molecule has 90 valence electrons. The molecular weight excluding hydrogens is 218 g/mol. The van der Waals surface area contributed by atoms with Gasteiger partial charge in [0, 0.05) is 11.4 Å². The smallest absolute Gasteiger partial charge is 0.354 e. The zero-order valence-electron chi connectivity index (χ0n) is 10.4. The van der Waals surface area contributed by atoms with Gasteiger partial charge in [0.1, 0.15) is 0 Å². The Morgan fingerprint density at radius 1 is 1.35 bits per heavy atom. The minimum Gasteiger partial charge on any atom is -0.477 e. The molecule has 0 atom stereocenters. The number of rotatable bonds is 2. The van der Waals surface area contributed by atoms with Gasteiger partial charge in [0.25, 0.3) is 0 Å². The first-order valence-electron chi connectivity index (χ1n) is 5.51. The lowest BCUT2D eigenvalue weighted by Gasteiger charge is -2.04. The fourth-order valence-corrected chi connectivity index (χ4v) is 2.00. The van der Waals surface area contributed by atoms with Crippen LogP contribution in [0.3, 0.4) is 0 Å². The standard InChI is InChI=1S/C12H15N3O2/c1-6(2)9-10(11(16)17)15-8(4)5-7(3)13-12(15)14-9/h5-6H,1-4H3,(H,16,17). The Labute approximate surface area is 99.1 Å². The normalized spacial score (nSPS) is 11.4. The van der Waals surface area contributed by atoms with E-state index in [0.717, 1.165) is 11.4 Å². The van der Waals surface area contributed by atoms with Crippen molar-refractivity contribution in [3.63, 3.8) is 0 Å². The minimum absolute atomic E-state index is 0.0579. The molecule has 2 rings (SSSR count). The zero-order valence-corrected chi connectivity index (χ0v) is 10.4. The Kier molecular flexibility index (Phi) is 2.61. The highest BCUT2D eigenvalue weighted by molar-refractivity contribution is 5.88. The van der Waals surface area contributed by atoms with Crippen LogP contribution in [0.5, 0.6) is 0 Å². The van der Waals surface area contributed by atoms with Gasteiger partial charge in [-0.25, -0.2) is 14.8 Å². The Morgan fingerprint density at radius 3 is 2.53 bits per heavy atom. The molecule has 2 aromatic rings. The van der Waals surface area contributed by atoms with Crippen molar-refractivity contribution >= 4 is 11.7 Å². The molecule has 0 unspecified atom stereocenters. The van der Waals surface area contributed by atoms with E-state index >= 15 is 0 Å². The highest BCUT2D eigenvalue weighted by Crippen LogP contribution is 2.21. The Bertz CT molecular complexity index is 599. The number of hydrogen-bond donors (Lipinski definition) is 1. The topological polar surface area (TPSA) is 67.5 Å². The van der Waals surface area contributed by atoms with Crippen LogP contribution >= 0.6 is 0 Å². The van der Waals surface area contributed by atoms with Crippen molar-refractivity contribution in [2.24, 2.45) is 0 Å². The van der Waals surface area contributed by atoms with E-state index in [0.29, 0.717) is 11.5 Å². The number of aromatic carboxylic acids is 1. The highest BCUT2D eigenvalue weighted by atomic mass is 16.4. The molecule has 0 saturated heterocycles. The second-order valence-corrected chi connectivity index (χ2v) is 4.48. The third-order valence-corrected chi connectivity index (χ3v) is 2.68. The summed E-state index contributed by atoms with van der Waals surface area (Å²) in [6.07, 6.45) is 0. The van der Waals surface area contributed by atoms with E-state index in [2.05, 4.69) is 9.97 Å². The van der Waals surface area contributed by atoms with Gasteiger partial charge in [0.2, 0.25) is 5.78 Å². The van der Waals surface area contributed by atoms with Gasteiger partial charge in [-0.2, -0.15) is 0 Å². The number of carbonyl (C=O) groups is 1. The Hall–Kier alpha value is -1.91. The molecule has 2 heterocycles. The molecule has 0 fully saturated rings. The first-order chi connectivity index (χ1) is 7.91. The average molecular weight is 233 g/mol. The molecule has 0 bridgehead atoms. The number of hydrogen-bond acceptors (Lipinski definition) is 3. The van der Waals surface area contributed by atoms with Gasteiger partial charge in [-0.05, 0) is 25.8 Å². The number of aromatic nitrogens is 3. The van der Waals surface area contributed by atoms with E-state index < -0.39 is 5.97 Å². The third kappa shape index (κ3) is 1.77. The van der Waals surface area contributed by atoms with Crippen molar-refractivity contribution in [2.75, 3.05) is 0 Å². The fraction of sp³-hybridized carbons (Fsp3) is 0.417. The van der Waals surface area contributed by atoms with Crippen LogP contribution in [0, 0.1) is 13.8 Å². The third-order valence-electron chi connectivity index (χ3n) is 2.68. The van der Waals surface area contributed by atoms with Gasteiger partial charge < -0.3 is 5.11 Å². The van der Waals surface area contributed by atoms with Crippen LogP contribution < -0.4 is 0 Å². The van der Waals surface area contributed by atoms with Crippen LogP contribution in [0.2, 0.25) is 0 Å². The number of nitrogens with zero attached hydrogens (tertiary/aromatic N) is 3. The summed E-state index contributed by atoms with van der Waals surface area (Å²) in [5, 5.41) is 9.31. The van der Waals surface area contributed by atoms with E-state index in [4.69, 9.17) is 0 Å². The first-order valence-corrected chi connectivity index (χ1v) is 5.51. The predicted molar refractivity (Wildman–Crippen MR) is 63.5 cm³/mol. The summed E-state index contributed by atoms with van der Waals surface area (Å²) < 4.78 is 1.60. The van der Waals surface area contributed by atoms with E-state index in [9.17, 15) is 9.90 Å². The molecule has 17 heavy (non-hydrogen) atoms. The second-order valence-electron chi connectivity index (χ2n) is 4.48. The Balaban J connectivity index is 2.90. The molecule has 1 N–H and O–H groups in total. The van der Waals surface area contributed by atoms with Gasteiger partial charge in [0.05, 0.1) is 5.69 Å². The lowest BCUT2D eigenvalue weighted by atomic mass is 10.1. The summed E-state index contributed by atoms with van der Waals surface area (Å²) in [6, 6.07) is 1.85. The highest BCUT2D eigenvalue weighted by Gasteiger charge is 2.22. The van der Waals surface area contributed by atoms with Gasteiger partial charge in [-0.15, -0.1) is 0 Å². The van der Waals surface area contributed by atoms with Gasteiger partial charge in [-0.1, -0.05) is 13.8 Å². The van der Waals surface area contributed by atoms with E-state index in [1.165, 1.54) is 0 Å². The minimum atomic E-state index is -0.963. The lowest BCUT2D eigenvalue weighted by molar-refractivity contribution is 0.0687. The molecule has 0 aliphatic carbocycles. The van der Waals surface area contributed by atoms with Gasteiger partial charge in [0.15, 0.2) is 5.69 Å². The maximum atomic E-state index is 11.3. The quantitative estimate of drug-likeness (QED) is 0.863. The van der Waals surface area contributed by atoms with Crippen molar-refractivity contribution < 1.29 is 9.90 Å².